The lowest BCUT2D eigenvalue weighted by atomic mass is 10.4. The predicted octanol–water partition coefficient (Wildman–Crippen LogP) is 0.229. The Morgan fingerprint density at radius 1 is 1.18 bits per heavy atom. The average molecular weight is 156 g/mol. The zero-order chi connectivity index (χ0) is 8.27. The summed E-state index contributed by atoms with van der Waals surface area (Å²) in [5, 5.41) is 9.01. The first-order chi connectivity index (χ1) is 5.26. The van der Waals surface area contributed by atoms with Gasteiger partial charge in [0.15, 0.2) is 11.5 Å². The topological polar surface area (TPSA) is 42.6 Å². The van der Waals surface area contributed by atoms with Gasteiger partial charge < -0.3 is 9.47 Å². The molecule has 0 aliphatic carbocycles. The fraction of sp³-hybridized carbons (Fsp3) is 0.286. The molecule has 0 bridgehead atoms. The molecule has 0 aliphatic rings. The van der Waals surface area contributed by atoms with Crippen LogP contribution in [0.4, 0.5) is 0 Å². The van der Waals surface area contributed by atoms with Gasteiger partial charge in [0.25, 0.3) is 12.4 Å². The van der Waals surface area contributed by atoms with E-state index in [1.165, 1.54) is 26.6 Å². The van der Waals surface area contributed by atoms with Gasteiger partial charge in [-0.25, -0.2) is 0 Å². The fourth-order valence-electron chi connectivity index (χ4n) is 0.736. The SMILES string of the molecule is COc1cc(OC)c[n+](O)c1. The van der Waals surface area contributed by atoms with Crippen molar-refractivity contribution >= 4 is 0 Å². The van der Waals surface area contributed by atoms with Crippen molar-refractivity contribution < 1.29 is 19.4 Å². The van der Waals surface area contributed by atoms with Crippen molar-refractivity contribution in [3.63, 3.8) is 0 Å². The van der Waals surface area contributed by atoms with Gasteiger partial charge >= 0.3 is 0 Å². The Hall–Kier alpha value is -1.45. The molecule has 1 rings (SSSR count). The molecule has 1 aromatic heterocycles. The van der Waals surface area contributed by atoms with E-state index in [1.54, 1.807) is 6.07 Å². The molecular formula is C7H10NO3+. The number of hydrogen-bond acceptors (Lipinski definition) is 3. The number of ether oxygens (including phenoxy) is 2. The quantitative estimate of drug-likeness (QED) is 0.492. The van der Waals surface area contributed by atoms with E-state index in [0.717, 1.165) is 4.73 Å². The van der Waals surface area contributed by atoms with Crippen LogP contribution in [0, 0.1) is 0 Å². The van der Waals surface area contributed by atoms with Gasteiger partial charge in [-0.15, -0.1) is 0 Å². The first kappa shape index (κ1) is 7.65. The first-order valence-electron chi connectivity index (χ1n) is 3.10. The van der Waals surface area contributed by atoms with Crippen molar-refractivity contribution in [3.8, 4) is 11.5 Å². The minimum atomic E-state index is 0.548. The molecule has 0 aromatic carbocycles. The highest BCUT2D eigenvalue weighted by molar-refractivity contribution is 5.25. The molecule has 0 spiro atoms. The average Bonchev–Trinajstić information content (AvgIpc) is 2.03. The van der Waals surface area contributed by atoms with Crippen LogP contribution in [-0.2, 0) is 0 Å². The van der Waals surface area contributed by atoms with Crippen molar-refractivity contribution in [2.24, 2.45) is 0 Å². The molecule has 0 amide bonds. The molecule has 11 heavy (non-hydrogen) atoms. The fourth-order valence-corrected chi connectivity index (χ4v) is 0.736. The highest BCUT2D eigenvalue weighted by atomic mass is 16.5. The van der Waals surface area contributed by atoms with Gasteiger partial charge in [-0.2, -0.15) is 0 Å². The monoisotopic (exact) mass is 156 g/mol. The van der Waals surface area contributed by atoms with E-state index in [-0.39, 0.29) is 0 Å². The largest absolute Gasteiger partial charge is 0.491 e. The van der Waals surface area contributed by atoms with Crippen LogP contribution in [0.25, 0.3) is 0 Å². The lowest BCUT2D eigenvalue weighted by molar-refractivity contribution is -0.905. The molecule has 1 aromatic rings. The van der Waals surface area contributed by atoms with Crippen LogP contribution >= 0.6 is 0 Å². The maximum Gasteiger partial charge on any atom is 0.264 e. The zero-order valence-electron chi connectivity index (χ0n) is 6.44. The van der Waals surface area contributed by atoms with Crippen LogP contribution in [0.5, 0.6) is 11.5 Å². The minimum Gasteiger partial charge on any atom is -0.491 e. The second kappa shape index (κ2) is 3.09. The third-order valence-corrected chi connectivity index (χ3v) is 1.27. The minimum absolute atomic E-state index is 0.548. The number of pyridine rings is 1. The van der Waals surface area contributed by atoms with E-state index in [2.05, 4.69) is 0 Å². The summed E-state index contributed by atoms with van der Waals surface area (Å²) in [5.74, 6) is 1.10. The van der Waals surface area contributed by atoms with E-state index in [0.29, 0.717) is 11.5 Å². The van der Waals surface area contributed by atoms with Crippen molar-refractivity contribution in [2.75, 3.05) is 14.2 Å². The third kappa shape index (κ3) is 1.73. The summed E-state index contributed by atoms with van der Waals surface area (Å²) < 4.78 is 10.6. The van der Waals surface area contributed by atoms with E-state index in [4.69, 9.17) is 14.7 Å². The molecule has 4 heteroatoms. The van der Waals surface area contributed by atoms with Gasteiger partial charge in [0, 0.05) is 10.8 Å². The van der Waals surface area contributed by atoms with Crippen molar-refractivity contribution in [2.45, 2.75) is 0 Å². The van der Waals surface area contributed by atoms with Gasteiger partial charge in [-0.05, 0) is 0 Å². The molecule has 60 valence electrons. The van der Waals surface area contributed by atoms with Crippen molar-refractivity contribution in [1.82, 2.24) is 0 Å². The molecular weight excluding hydrogens is 146 g/mol. The Balaban J connectivity index is 3.02. The second-order valence-electron chi connectivity index (χ2n) is 2.00. The predicted molar refractivity (Wildman–Crippen MR) is 36.9 cm³/mol. The van der Waals surface area contributed by atoms with Crippen LogP contribution in [0.1, 0.15) is 0 Å². The summed E-state index contributed by atoms with van der Waals surface area (Å²) >= 11 is 0. The standard InChI is InChI=1S/C7H10NO3/c1-10-6-3-7(11-2)5-8(9)4-6/h3-5,9H,1-2H3/q+1. The van der Waals surface area contributed by atoms with Crippen LogP contribution in [0.3, 0.4) is 0 Å². The summed E-state index contributed by atoms with van der Waals surface area (Å²) in [4.78, 5) is 0. The Morgan fingerprint density at radius 3 is 2.00 bits per heavy atom. The van der Waals surface area contributed by atoms with Gasteiger partial charge in [0.1, 0.15) is 0 Å². The molecule has 0 aliphatic heterocycles. The van der Waals surface area contributed by atoms with Crippen molar-refractivity contribution in [3.05, 3.63) is 18.5 Å². The maximum absolute atomic E-state index is 9.01. The van der Waals surface area contributed by atoms with Gasteiger partial charge in [0.05, 0.1) is 14.2 Å². The Labute approximate surface area is 64.6 Å². The summed E-state index contributed by atoms with van der Waals surface area (Å²) in [6.07, 6.45) is 2.87. The molecule has 0 unspecified atom stereocenters. The zero-order valence-corrected chi connectivity index (χ0v) is 6.44. The normalized spacial score (nSPS) is 9.27. The third-order valence-electron chi connectivity index (χ3n) is 1.27. The molecule has 0 radical (unpaired) electrons. The van der Waals surface area contributed by atoms with E-state index in [9.17, 15) is 0 Å². The van der Waals surface area contributed by atoms with Gasteiger partial charge in [-0.3, -0.25) is 5.21 Å². The smallest absolute Gasteiger partial charge is 0.264 e. The molecule has 4 nitrogen and oxygen atoms in total. The molecule has 1 N–H and O–H groups in total. The van der Waals surface area contributed by atoms with Crippen molar-refractivity contribution in [1.29, 1.82) is 0 Å². The summed E-state index contributed by atoms with van der Waals surface area (Å²) in [6.45, 7) is 0. The van der Waals surface area contributed by atoms with E-state index < -0.39 is 0 Å². The maximum atomic E-state index is 9.01. The number of rotatable bonds is 2. The van der Waals surface area contributed by atoms with Crippen LogP contribution in [0.2, 0.25) is 0 Å². The van der Waals surface area contributed by atoms with E-state index >= 15 is 0 Å². The molecule has 0 atom stereocenters. The summed E-state index contributed by atoms with van der Waals surface area (Å²) in [7, 11) is 3.05. The summed E-state index contributed by atoms with van der Waals surface area (Å²) in [5.41, 5.74) is 0. The summed E-state index contributed by atoms with van der Waals surface area (Å²) in [6, 6.07) is 1.67. The molecule has 0 saturated carbocycles. The van der Waals surface area contributed by atoms with Gasteiger partial charge in [-0.1, -0.05) is 0 Å². The van der Waals surface area contributed by atoms with Crippen LogP contribution in [0.15, 0.2) is 18.5 Å². The van der Waals surface area contributed by atoms with Crippen LogP contribution in [-0.4, -0.2) is 19.4 Å². The number of aromatic nitrogens is 1. The first-order valence-corrected chi connectivity index (χ1v) is 3.10. The second-order valence-corrected chi connectivity index (χ2v) is 2.00. The number of methoxy groups -OCH3 is 2. The Morgan fingerprint density at radius 2 is 1.64 bits per heavy atom. The molecule has 1 heterocycles. The molecule has 0 saturated heterocycles. The lowest BCUT2D eigenvalue weighted by Gasteiger charge is -1.98. The molecule has 0 fully saturated rings. The number of nitrogens with zero attached hydrogens (tertiary/aromatic N) is 1. The van der Waals surface area contributed by atoms with E-state index in [1.807, 2.05) is 0 Å². The Bertz CT molecular complexity index is 227. The Kier molecular flexibility index (Phi) is 2.15. The highest BCUT2D eigenvalue weighted by Gasteiger charge is 2.05. The highest BCUT2D eigenvalue weighted by Crippen LogP contribution is 2.14. The number of hydrogen-bond donors (Lipinski definition) is 1. The van der Waals surface area contributed by atoms with Crippen LogP contribution < -0.4 is 14.2 Å². The van der Waals surface area contributed by atoms with Gasteiger partial charge in [0.2, 0.25) is 0 Å². The lowest BCUT2D eigenvalue weighted by Crippen LogP contribution is -2.28.